The van der Waals surface area contributed by atoms with Crippen LogP contribution < -0.4 is 11.5 Å². The van der Waals surface area contributed by atoms with Gasteiger partial charge in [-0.3, -0.25) is 0 Å². The third kappa shape index (κ3) is 1.25. The molecule has 3 nitrogen and oxygen atoms in total. The number of hydrogen-bond donors (Lipinski definition) is 3. The summed E-state index contributed by atoms with van der Waals surface area (Å²) in [5.74, 6) is -0.0231. The highest BCUT2D eigenvalue weighted by Gasteiger charge is 2.12. The van der Waals surface area contributed by atoms with Crippen molar-refractivity contribution in [2.75, 3.05) is 0 Å². The zero-order valence-corrected chi connectivity index (χ0v) is 5.62. The molecule has 0 saturated carbocycles. The SMILES string of the molecule is N=CC1C=C(N)C=CC1N. The molecular formula is C7H11N3. The van der Waals surface area contributed by atoms with E-state index < -0.39 is 0 Å². The molecule has 0 aromatic rings. The molecule has 0 aromatic carbocycles. The second kappa shape index (κ2) is 2.66. The molecule has 0 amide bonds. The molecule has 0 fully saturated rings. The normalized spacial score (nSPS) is 31.5. The number of hydrogen-bond acceptors (Lipinski definition) is 3. The molecule has 2 unspecified atom stereocenters. The lowest BCUT2D eigenvalue weighted by Gasteiger charge is -2.16. The molecular weight excluding hydrogens is 126 g/mol. The fourth-order valence-electron chi connectivity index (χ4n) is 0.899. The van der Waals surface area contributed by atoms with Gasteiger partial charge in [-0.05, 0) is 6.08 Å². The Kier molecular flexibility index (Phi) is 1.87. The van der Waals surface area contributed by atoms with E-state index in [1.807, 2.05) is 6.08 Å². The van der Waals surface area contributed by atoms with Gasteiger partial charge in [0.25, 0.3) is 0 Å². The van der Waals surface area contributed by atoms with Crippen LogP contribution in [0.15, 0.2) is 23.9 Å². The quantitative estimate of drug-likeness (QED) is 0.445. The highest BCUT2D eigenvalue weighted by atomic mass is 14.7. The number of rotatable bonds is 1. The first-order valence-corrected chi connectivity index (χ1v) is 3.15. The minimum Gasteiger partial charge on any atom is -0.399 e. The fraction of sp³-hybridized carbons (Fsp3) is 0.286. The van der Waals surface area contributed by atoms with E-state index in [4.69, 9.17) is 16.9 Å². The molecule has 54 valence electrons. The molecule has 0 radical (unpaired) electrons. The Balaban J connectivity index is 2.76. The molecule has 0 bridgehead atoms. The molecule has 2 atom stereocenters. The monoisotopic (exact) mass is 137 g/mol. The topological polar surface area (TPSA) is 75.9 Å². The van der Waals surface area contributed by atoms with E-state index in [0.717, 1.165) is 0 Å². The average Bonchev–Trinajstić information content (AvgIpc) is 1.94. The Morgan fingerprint density at radius 3 is 2.80 bits per heavy atom. The van der Waals surface area contributed by atoms with Crippen LogP contribution in [0.2, 0.25) is 0 Å². The van der Waals surface area contributed by atoms with Gasteiger partial charge in [0.2, 0.25) is 0 Å². The summed E-state index contributed by atoms with van der Waals surface area (Å²) in [4.78, 5) is 0. The summed E-state index contributed by atoms with van der Waals surface area (Å²) in [6, 6.07) is -0.0789. The number of allylic oxidation sites excluding steroid dienone is 1. The second-order valence-corrected chi connectivity index (χ2v) is 2.35. The third-order valence-corrected chi connectivity index (χ3v) is 1.53. The molecule has 0 spiro atoms. The van der Waals surface area contributed by atoms with E-state index in [1.165, 1.54) is 6.21 Å². The largest absolute Gasteiger partial charge is 0.399 e. The Bertz CT molecular complexity index is 193. The van der Waals surface area contributed by atoms with Crippen molar-refractivity contribution in [1.82, 2.24) is 0 Å². The first-order chi connectivity index (χ1) is 4.74. The van der Waals surface area contributed by atoms with Crippen LogP contribution >= 0.6 is 0 Å². The van der Waals surface area contributed by atoms with Crippen LogP contribution in [-0.2, 0) is 0 Å². The van der Waals surface area contributed by atoms with E-state index in [1.54, 1.807) is 12.2 Å². The van der Waals surface area contributed by atoms with E-state index in [0.29, 0.717) is 5.70 Å². The summed E-state index contributed by atoms with van der Waals surface area (Å²) in [6.07, 6.45) is 6.68. The first kappa shape index (κ1) is 7.02. The van der Waals surface area contributed by atoms with Gasteiger partial charge < -0.3 is 16.9 Å². The van der Waals surface area contributed by atoms with Crippen LogP contribution in [0.1, 0.15) is 0 Å². The maximum atomic E-state index is 6.98. The third-order valence-electron chi connectivity index (χ3n) is 1.53. The van der Waals surface area contributed by atoms with Crippen LogP contribution in [-0.4, -0.2) is 12.3 Å². The first-order valence-electron chi connectivity index (χ1n) is 3.15. The lowest BCUT2D eigenvalue weighted by Crippen LogP contribution is -2.30. The molecule has 0 aromatic heterocycles. The van der Waals surface area contributed by atoms with E-state index >= 15 is 0 Å². The van der Waals surface area contributed by atoms with Gasteiger partial charge in [-0.15, -0.1) is 0 Å². The average molecular weight is 137 g/mol. The van der Waals surface area contributed by atoms with Crippen molar-refractivity contribution in [3.8, 4) is 0 Å². The summed E-state index contributed by atoms with van der Waals surface area (Å²) >= 11 is 0. The van der Waals surface area contributed by atoms with Crippen LogP contribution in [0.4, 0.5) is 0 Å². The van der Waals surface area contributed by atoms with Crippen molar-refractivity contribution in [2.24, 2.45) is 17.4 Å². The minimum absolute atomic E-state index is 0.0231. The molecule has 0 aliphatic heterocycles. The molecule has 10 heavy (non-hydrogen) atoms. The molecule has 0 heterocycles. The van der Waals surface area contributed by atoms with Gasteiger partial charge in [-0.1, -0.05) is 12.2 Å². The Hall–Kier alpha value is -1.09. The van der Waals surface area contributed by atoms with Crippen LogP contribution in [0.25, 0.3) is 0 Å². The number of nitrogens with one attached hydrogen (secondary N) is 1. The van der Waals surface area contributed by atoms with Crippen molar-refractivity contribution >= 4 is 6.21 Å². The molecule has 0 saturated heterocycles. The van der Waals surface area contributed by atoms with Gasteiger partial charge in [0.15, 0.2) is 0 Å². The van der Waals surface area contributed by atoms with Crippen molar-refractivity contribution in [3.63, 3.8) is 0 Å². The molecule has 3 heteroatoms. The van der Waals surface area contributed by atoms with Gasteiger partial charge in [0, 0.05) is 23.9 Å². The van der Waals surface area contributed by atoms with Crippen LogP contribution in [0.3, 0.4) is 0 Å². The highest BCUT2D eigenvalue weighted by Crippen LogP contribution is 2.10. The lowest BCUT2D eigenvalue weighted by molar-refractivity contribution is 0.719. The summed E-state index contributed by atoms with van der Waals surface area (Å²) in [7, 11) is 0. The predicted octanol–water partition coefficient (Wildman–Crippen LogP) is -0.00813. The summed E-state index contributed by atoms with van der Waals surface area (Å²) in [5, 5.41) is 6.98. The Labute approximate surface area is 59.9 Å². The molecule has 1 aliphatic rings. The van der Waals surface area contributed by atoms with Gasteiger partial charge in [0.05, 0.1) is 0 Å². The van der Waals surface area contributed by atoms with Crippen molar-refractivity contribution in [3.05, 3.63) is 23.9 Å². The van der Waals surface area contributed by atoms with Crippen LogP contribution in [0.5, 0.6) is 0 Å². The zero-order valence-electron chi connectivity index (χ0n) is 5.62. The minimum atomic E-state index is -0.0789. The Morgan fingerprint density at radius 1 is 1.60 bits per heavy atom. The van der Waals surface area contributed by atoms with Crippen molar-refractivity contribution in [2.45, 2.75) is 6.04 Å². The van der Waals surface area contributed by atoms with Gasteiger partial charge >= 0.3 is 0 Å². The molecule has 5 N–H and O–H groups in total. The maximum Gasteiger partial charge on any atom is 0.0342 e. The smallest absolute Gasteiger partial charge is 0.0342 e. The second-order valence-electron chi connectivity index (χ2n) is 2.35. The summed E-state index contributed by atoms with van der Waals surface area (Å²) in [5.41, 5.74) is 11.8. The zero-order chi connectivity index (χ0) is 7.56. The maximum absolute atomic E-state index is 6.98. The van der Waals surface area contributed by atoms with Crippen molar-refractivity contribution < 1.29 is 0 Å². The van der Waals surface area contributed by atoms with E-state index in [9.17, 15) is 0 Å². The standard InChI is InChI=1S/C7H11N3/c8-4-5-3-6(9)1-2-7(5)10/h1-5,7-8H,9-10H2. The van der Waals surface area contributed by atoms with E-state index in [2.05, 4.69) is 0 Å². The van der Waals surface area contributed by atoms with E-state index in [-0.39, 0.29) is 12.0 Å². The number of nitrogens with two attached hydrogens (primary N) is 2. The molecule has 1 aliphatic carbocycles. The van der Waals surface area contributed by atoms with Crippen molar-refractivity contribution in [1.29, 1.82) is 5.41 Å². The fourth-order valence-corrected chi connectivity index (χ4v) is 0.899. The van der Waals surface area contributed by atoms with Crippen LogP contribution in [0, 0.1) is 11.3 Å². The van der Waals surface area contributed by atoms with Gasteiger partial charge in [-0.2, -0.15) is 0 Å². The summed E-state index contributed by atoms with van der Waals surface area (Å²) in [6.45, 7) is 0. The van der Waals surface area contributed by atoms with Gasteiger partial charge in [0.1, 0.15) is 0 Å². The molecule has 1 rings (SSSR count). The highest BCUT2D eigenvalue weighted by molar-refractivity contribution is 5.63. The predicted molar refractivity (Wildman–Crippen MR) is 41.7 cm³/mol. The lowest BCUT2D eigenvalue weighted by atomic mass is 9.96. The summed E-state index contributed by atoms with van der Waals surface area (Å²) < 4.78 is 0. The Morgan fingerprint density at radius 2 is 2.30 bits per heavy atom. The van der Waals surface area contributed by atoms with Gasteiger partial charge in [-0.25, -0.2) is 0 Å².